The van der Waals surface area contributed by atoms with Crippen LogP contribution in [0.3, 0.4) is 0 Å². The maximum absolute atomic E-state index is 12.0. The lowest BCUT2D eigenvalue weighted by atomic mass is 9.49. The fraction of sp³-hybridized carbons (Fsp3) is 0.652. The molecule has 0 aromatic rings. The van der Waals surface area contributed by atoms with Crippen LogP contribution in [0.15, 0.2) is 41.1 Å². The number of rotatable bonds is 1. The summed E-state index contributed by atoms with van der Waals surface area (Å²) in [6.45, 7) is 6.70. The van der Waals surface area contributed by atoms with Gasteiger partial charge in [-0.1, -0.05) is 24.2 Å². The highest BCUT2D eigenvalue weighted by molar-refractivity contribution is 5.96. The predicted molar refractivity (Wildman–Crippen MR) is 103 cm³/mol. The number of nitrogens with zero attached hydrogens (tertiary/aromatic N) is 1. The highest BCUT2D eigenvalue weighted by Crippen LogP contribution is 2.68. The lowest BCUT2D eigenvalue weighted by Gasteiger charge is -2.56. The lowest BCUT2D eigenvalue weighted by molar-refractivity contribution is -0.163. The van der Waals surface area contributed by atoms with Crippen molar-refractivity contribution >= 4 is 11.7 Å². The van der Waals surface area contributed by atoms with Crippen LogP contribution in [-0.4, -0.2) is 22.5 Å². The summed E-state index contributed by atoms with van der Waals surface area (Å²) < 4.78 is 5.99. The maximum Gasteiger partial charge on any atom is 0.331 e. The Hall–Kier alpha value is -1.84. The molecule has 5 aliphatic rings. The van der Waals surface area contributed by atoms with Crippen molar-refractivity contribution in [1.29, 1.82) is 0 Å². The molecule has 5 rings (SSSR count). The topological polar surface area (TPSA) is 58.9 Å². The van der Waals surface area contributed by atoms with Crippen molar-refractivity contribution in [1.82, 2.24) is 0 Å². The van der Waals surface area contributed by atoms with Gasteiger partial charge in [-0.15, -0.1) is 0 Å². The largest absolute Gasteiger partial charge is 0.451 e. The highest BCUT2D eigenvalue weighted by Gasteiger charge is 2.66. The first-order valence-electron chi connectivity index (χ1n) is 10.6. The number of esters is 1. The third-order valence-electron chi connectivity index (χ3n) is 8.74. The Labute approximate surface area is 161 Å². The van der Waals surface area contributed by atoms with Crippen LogP contribution in [0.25, 0.3) is 0 Å². The second-order valence-corrected chi connectivity index (χ2v) is 9.31. The molecule has 1 N–H and O–H groups in total. The number of oxime groups is 1. The summed E-state index contributed by atoms with van der Waals surface area (Å²) in [7, 11) is 0. The van der Waals surface area contributed by atoms with Gasteiger partial charge in [0.15, 0.2) is 0 Å². The summed E-state index contributed by atoms with van der Waals surface area (Å²) >= 11 is 0. The van der Waals surface area contributed by atoms with Gasteiger partial charge < -0.3 is 9.94 Å². The monoisotopic (exact) mass is 367 g/mol. The SMILES string of the molecule is C=C1CC2C(CC[C@@]3(CC)C2CC[C@@]32C=CC(=O)O2)[C@H]2CC/C(=N\O)C=C12. The molecule has 0 radical (unpaired) electrons. The predicted octanol–water partition coefficient (Wildman–Crippen LogP) is 4.80. The second-order valence-electron chi connectivity index (χ2n) is 9.31. The van der Waals surface area contributed by atoms with Crippen LogP contribution < -0.4 is 0 Å². The smallest absolute Gasteiger partial charge is 0.331 e. The van der Waals surface area contributed by atoms with E-state index in [1.165, 1.54) is 17.6 Å². The van der Waals surface area contributed by atoms with Gasteiger partial charge in [0.1, 0.15) is 5.60 Å². The van der Waals surface area contributed by atoms with E-state index in [4.69, 9.17) is 4.74 Å². The molecule has 0 aromatic heterocycles. The molecule has 6 atom stereocenters. The van der Waals surface area contributed by atoms with Crippen LogP contribution >= 0.6 is 0 Å². The number of ether oxygens (including phenoxy) is 1. The summed E-state index contributed by atoms with van der Waals surface area (Å²) in [5, 5.41) is 12.6. The van der Waals surface area contributed by atoms with Crippen molar-refractivity contribution < 1.29 is 14.7 Å². The molecule has 4 aliphatic carbocycles. The van der Waals surface area contributed by atoms with Gasteiger partial charge in [0.05, 0.1) is 5.71 Å². The summed E-state index contributed by atoms with van der Waals surface area (Å²) in [5.41, 5.74) is 3.08. The second kappa shape index (κ2) is 5.83. The third kappa shape index (κ3) is 2.16. The Balaban J connectivity index is 1.51. The Morgan fingerprint density at radius 1 is 1.30 bits per heavy atom. The van der Waals surface area contributed by atoms with Gasteiger partial charge >= 0.3 is 5.97 Å². The standard InChI is InChI=1S/C23H29NO3/c1-3-22-9-6-17-16-5-4-15(24-26)13-18(16)14(2)12-19(17)20(22)7-10-23(22)11-8-21(25)27-23/h8,11,13,16-17,19-20,26H,2-7,9-10,12H2,1H3/b24-15+/t16-,17?,19?,20?,22+,23-/m1/s1. The van der Waals surface area contributed by atoms with Crippen molar-refractivity contribution in [2.75, 3.05) is 0 Å². The molecule has 27 heavy (non-hydrogen) atoms. The summed E-state index contributed by atoms with van der Waals surface area (Å²) in [4.78, 5) is 12.0. The minimum absolute atomic E-state index is 0.0880. The van der Waals surface area contributed by atoms with Gasteiger partial charge in [0.2, 0.25) is 0 Å². The van der Waals surface area contributed by atoms with E-state index >= 15 is 0 Å². The van der Waals surface area contributed by atoms with Crippen LogP contribution in [-0.2, 0) is 9.53 Å². The maximum atomic E-state index is 12.0. The van der Waals surface area contributed by atoms with E-state index in [0.717, 1.165) is 50.7 Å². The zero-order valence-electron chi connectivity index (χ0n) is 16.1. The fourth-order valence-corrected chi connectivity index (χ4v) is 7.66. The number of carbonyl (C=O) groups is 1. The number of hydrogen-bond acceptors (Lipinski definition) is 4. The molecule has 144 valence electrons. The Morgan fingerprint density at radius 2 is 2.15 bits per heavy atom. The lowest BCUT2D eigenvalue weighted by Crippen LogP contribution is -2.53. The Kier molecular flexibility index (Phi) is 3.73. The molecule has 0 saturated heterocycles. The summed E-state index contributed by atoms with van der Waals surface area (Å²) in [6.07, 6.45) is 14.3. The van der Waals surface area contributed by atoms with Gasteiger partial charge in [0.25, 0.3) is 0 Å². The molecule has 1 aliphatic heterocycles. The van der Waals surface area contributed by atoms with Crippen molar-refractivity contribution in [3.8, 4) is 0 Å². The average Bonchev–Trinajstić information content (AvgIpc) is 3.23. The average molecular weight is 367 g/mol. The van der Waals surface area contributed by atoms with E-state index in [-0.39, 0.29) is 17.0 Å². The molecule has 4 nitrogen and oxygen atoms in total. The molecule has 3 unspecified atom stereocenters. The molecule has 1 spiro atoms. The van der Waals surface area contributed by atoms with Gasteiger partial charge in [-0.3, -0.25) is 0 Å². The van der Waals surface area contributed by atoms with Crippen LogP contribution in [0.1, 0.15) is 58.3 Å². The summed E-state index contributed by atoms with van der Waals surface area (Å²) in [5.74, 6) is 2.31. The van der Waals surface area contributed by atoms with Crippen LogP contribution in [0.2, 0.25) is 0 Å². The highest BCUT2D eigenvalue weighted by atomic mass is 16.6. The Bertz CT molecular complexity index is 793. The summed E-state index contributed by atoms with van der Waals surface area (Å²) in [6, 6.07) is 0. The quantitative estimate of drug-likeness (QED) is 0.411. The minimum Gasteiger partial charge on any atom is -0.451 e. The van der Waals surface area contributed by atoms with Gasteiger partial charge in [0, 0.05) is 11.5 Å². The van der Waals surface area contributed by atoms with E-state index in [0.29, 0.717) is 23.7 Å². The Morgan fingerprint density at radius 3 is 2.85 bits per heavy atom. The van der Waals surface area contributed by atoms with Gasteiger partial charge in [-0.05, 0) is 92.8 Å². The number of hydrogen-bond donors (Lipinski definition) is 1. The number of fused-ring (bicyclic) bond motifs is 6. The number of carbonyl (C=O) groups excluding carboxylic acids is 1. The fourth-order valence-electron chi connectivity index (χ4n) is 7.66. The molecular weight excluding hydrogens is 338 g/mol. The minimum atomic E-state index is -0.366. The van der Waals surface area contributed by atoms with Crippen LogP contribution in [0, 0.1) is 29.1 Å². The normalized spacial score (nSPS) is 46.9. The van der Waals surface area contributed by atoms with E-state index in [9.17, 15) is 10.0 Å². The molecular formula is C23H29NO3. The van der Waals surface area contributed by atoms with Crippen molar-refractivity contribution in [2.45, 2.75) is 63.9 Å². The third-order valence-corrected chi connectivity index (χ3v) is 8.74. The molecule has 0 aromatic carbocycles. The first-order valence-corrected chi connectivity index (χ1v) is 10.6. The van der Waals surface area contributed by atoms with Crippen molar-refractivity contribution in [2.24, 2.45) is 34.2 Å². The molecule has 1 heterocycles. The van der Waals surface area contributed by atoms with Gasteiger partial charge in [-0.2, -0.15) is 0 Å². The molecule has 3 fully saturated rings. The zero-order valence-corrected chi connectivity index (χ0v) is 16.1. The zero-order chi connectivity index (χ0) is 18.8. The molecule has 3 saturated carbocycles. The number of allylic oxidation sites excluding steroid dienone is 3. The van der Waals surface area contributed by atoms with E-state index in [2.05, 4.69) is 30.8 Å². The first-order chi connectivity index (χ1) is 13.0. The van der Waals surface area contributed by atoms with E-state index in [1.54, 1.807) is 6.08 Å². The van der Waals surface area contributed by atoms with Crippen LogP contribution in [0.5, 0.6) is 0 Å². The van der Waals surface area contributed by atoms with Crippen molar-refractivity contribution in [3.05, 3.63) is 36.0 Å². The first kappa shape index (κ1) is 17.3. The van der Waals surface area contributed by atoms with Crippen molar-refractivity contribution in [3.63, 3.8) is 0 Å². The van der Waals surface area contributed by atoms with Crippen LogP contribution in [0.4, 0.5) is 0 Å². The molecule has 4 heteroatoms. The molecule has 0 amide bonds. The van der Waals surface area contributed by atoms with E-state index in [1.807, 2.05) is 0 Å². The molecule has 0 bridgehead atoms. The van der Waals surface area contributed by atoms with E-state index < -0.39 is 0 Å². The van der Waals surface area contributed by atoms with Gasteiger partial charge in [-0.25, -0.2) is 4.79 Å².